The molecule has 3 fully saturated rings. The van der Waals surface area contributed by atoms with E-state index in [0.717, 1.165) is 38.9 Å². The zero-order valence-electron chi connectivity index (χ0n) is 11.7. The van der Waals surface area contributed by atoms with Gasteiger partial charge >= 0.3 is 0 Å². The van der Waals surface area contributed by atoms with Gasteiger partial charge in [-0.1, -0.05) is 6.92 Å². The SMILES string of the molecule is CC1CCCN(S(=O)(=O)N2CCC3(CCOC3)C2)C1. The molecule has 0 N–H and O–H groups in total. The van der Waals surface area contributed by atoms with Crippen LogP contribution in [0.1, 0.15) is 32.6 Å². The summed E-state index contributed by atoms with van der Waals surface area (Å²) >= 11 is 0. The van der Waals surface area contributed by atoms with E-state index in [4.69, 9.17) is 4.74 Å². The lowest BCUT2D eigenvalue weighted by Crippen LogP contribution is -2.47. The number of nitrogens with zero attached hydrogens (tertiary/aromatic N) is 2. The highest BCUT2D eigenvalue weighted by atomic mass is 32.2. The van der Waals surface area contributed by atoms with E-state index in [2.05, 4.69) is 6.92 Å². The first-order valence-corrected chi connectivity index (χ1v) is 8.75. The lowest BCUT2D eigenvalue weighted by molar-refractivity contribution is 0.156. The van der Waals surface area contributed by atoms with Crippen molar-refractivity contribution in [3.63, 3.8) is 0 Å². The smallest absolute Gasteiger partial charge is 0.282 e. The Morgan fingerprint density at radius 2 is 2.05 bits per heavy atom. The first-order valence-electron chi connectivity index (χ1n) is 7.35. The van der Waals surface area contributed by atoms with Gasteiger partial charge in [-0.2, -0.15) is 17.0 Å². The Bertz CT molecular complexity index is 431. The molecule has 0 amide bonds. The zero-order valence-corrected chi connectivity index (χ0v) is 12.5. The van der Waals surface area contributed by atoms with Crippen LogP contribution in [0.3, 0.4) is 0 Å². The zero-order chi connectivity index (χ0) is 13.5. The third kappa shape index (κ3) is 2.55. The van der Waals surface area contributed by atoms with Crippen molar-refractivity contribution in [2.75, 3.05) is 39.4 Å². The summed E-state index contributed by atoms with van der Waals surface area (Å²) in [7, 11) is -3.25. The summed E-state index contributed by atoms with van der Waals surface area (Å²) in [5.41, 5.74) is 0.106. The fourth-order valence-electron chi connectivity index (χ4n) is 3.58. The van der Waals surface area contributed by atoms with Gasteiger partial charge in [0.1, 0.15) is 0 Å². The fraction of sp³-hybridized carbons (Fsp3) is 1.00. The van der Waals surface area contributed by atoms with Crippen molar-refractivity contribution in [1.29, 1.82) is 0 Å². The van der Waals surface area contributed by atoms with E-state index in [9.17, 15) is 8.42 Å². The highest BCUT2D eigenvalue weighted by Crippen LogP contribution is 2.39. The average molecular weight is 288 g/mol. The van der Waals surface area contributed by atoms with Crippen molar-refractivity contribution >= 4 is 10.2 Å². The van der Waals surface area contributed by atoms with E-state index in [0.29, 0.717) is 32.1 Å². The minimum absolute atomic E-state index is 0.106. The van der Waals surface area contributed by atoms with Gasteiger partial charge in [0.15, 0.2) is 0 Å². The van der Waals surface area contributed by atoms with Crippen LogP contribution in [0.2, 0.25) is 0 Å². The highest BCUT2D eigenvalue weighted by Gasteiger charge is 2.46. The standard InChI is InChI=1S/C13H24N2O3S/c1-12-3-2-6-14(9-12)19(16,17)15-7-4-13(10-15)5-8-18-11-13/h12H,2-11H2,1H3. The van der Waals surface area contributed by atoms with Gasteiger partial charge in [0.25, 0.3) is 10.2 Å². The maximum Gasteiger partial charge on any atom is 0.282 e. The molecule has 5 nitrogen and oxygen atoms in total. The van der Waals surface area contributed by atoms with Gasteiger partial charge in [-0.25, -0.2) is 0 Å². The van der Waals surface area contributed by atoms with E-state index in [1.54, 1.807) is 8.61 Å². The quantitative estimate of drug-likeness (QED) is 0.764. The first-order chi connectivity index (χ1) is 9.02. The molecule has 110 valence electrons. The molecular formula is C13H24N2O3S. The number of ether oxygens (including phenoxy) is 1. The molecule has 3 saturated heterocycles. The minimum Gasteiger partial charge on any atom is -0.381 e. The molecule has 3 aliphatic rings. The number of piperidine rings is 1. The fourth-order valence-corrected chi connectivity index (χ4v) is 5.47. The van der Waals surface area contributed by atoms with E-state index >= 15 is 0 Å². The highest BCUT2D eigenvalue weighted by molar-refractivity contribution is 7.86. The Hall–Kier alpha value is -0.170. The van der Waals surface area contributed by atoms with Crippen molar-refractivity contribution in [2.24, 2.45) is 11.3 Å². The monoisotopic (exact) mass is 288 g/mol. The van der Waals surface area contributed by atoms with Crippen LogP contribution in [0.25, 0.3) is 0 Å². The molecule has 0 bridgehead atoms. The second-order valence-corrected chi connectivity index (χ2v) is 8.43. The third-order valence-electron chi connectivity index (χ3n) is 4.86. The first kappa shape index (κ1) is 13.8. The molecule has 0 radical (unpaired) electrons. The lowest BCUT2D eigenvalue weighted by atomic mass is 9.87. The Labute approximate surface area is 116 Å². The second kappa shape index (κ2) is 4.98. The van der Waals surface area contributed by atoms with Crippen LogP contribution >= 0.6 is 0 Å². The minimum atomic E-state index is -3.25. The molecular weight excluding hydrogens is 264 g/mol. The van der Waals surface area contributed by atoms with Gasteiger partial charge in [-0.05, 0) is 31.6 Å². The topological polar surface area (TPSA) is 49.9 Å². The molecule has 2 unspecified atom stereocenters. The van der Waals surface area contributed by atoms with Crippen LogP contribution < -0.4 is 0 Å². The van der Waals surface area contributed by atoms with E-state index in [-0.39, 0.29) is 5.41 Å². The van der Waals surface area contributed by atoms with Gasteiger partial charge in [0, 0.05) is 38.2 Å². The largest absolute Gasteiger partial charge is 0.381 e. The Kier molecular flexibility index (Phi) is 3.62. The molecule has 1 spiro atoms. The van der Waals surface area contributed by atoms with Crippen LogP contribution in [0.5, 0.6) is 0 Å². The Balaban J connectivity index is 1.71. The number of rotatable bonds is 2. The summed E-state index contributed by atoms with van der Waals surface area (Å²) < 4.78 is 34.2. The van der Waals surface area contributed by atoms with Gasteiger partial charge in [-0.3, -0.25) is 0 Å². The predicted molar refractivity (Wildman–Crippen MR) is 72.9 cm³/mol. The summed E-state index contributed by atoms with van der Waals surface area (Å²) in [4.78, 5) is 0. The average Bonchev–Trinajstić information content (AvgIpc) is 3.01. The van der Waals surface area contributed by atoms with E-state index < -0.39 is 10.2 Å². The van der Waals surface area contributed by atoms with Crippen LogP contribution in [0, 0.1) is 11.3 Å². The summed E-state index contributed by atoms with van der Waals surface area (Å²) in [6.07, 6.45) is 4.09. The molecule has 3 rings (SSSR count). The van der Waals surface area contributed by atoms with Crippen LogP contribution in [-0.2, 0) is 14.9 Å². The van der Waals surface area contributed by atoms with Crippen molar-refractivity contribution in [1.82, 2.24) is 8.61 Å². The van der Waals surface area contributed by atoms with Crippen molar-refractivity contribution in [3.8, 4) is 0 Å². The molecule has 3 aliphatic heterocycles. The summed E-state index contributed by atoms with van der Waals surface area (Å²) in [5, 5.41) is 0. The van der Waals surface area contributed by atoms with Crippen molar-refractivity contribution in [3.05, 3.63) is 0 Å². The molecule has 0 aromatic carbocycles. The van der Waals surface area contributed by atoms with Gasteiger partial charge < -0.3 is 4.74 Å². The predicted octanol–water partition coefficient (Wildman–Crippen LogP) is 1.08. The Morgan fingerprint density at radius 3 is 2.74 bits per heavy atom. The molecule has 0 saturated carbocycles. The molecule has 3 heterocycles. The van der Waals surface area contributed by atoms with E-state index in [1.165, 1.54) is 0 Å². The van der Waals surface area contributed by atoms with Crippen molar-refractivity contribution < 1.29 is 13.2 Å². The number of hydrogen-bond acceptors (Lipinski definition) is 3. The maximum absolute atomic E-state index is 12.7. The normalized spacial score (nSPS) is 38.3. The lowest BCUT2D eigenvalue weighted by Gasteiger charge is -2.33. The summed E-state index contributed by atoms with van der Waals surface area (Å²) in [5.74, 6) is 0.481. The van der Waals surface area contributed by atoms with Crippen LogP contribution in [0.4, 0.5) is 0 Å². The maximum atomic E-state index is 12.7. The van der Waals surface area contributed by atoms with E-state index in [1.807, 2.05) is 0 Å². The van der Waals surface area contributed by atoms with Crippen LogP contribution in [-0.4, -0.2) is 56.4 Å². The number of hydrogen-bond donors (Lipinski definition) is 0. The van der Waals surface area contributed by atoms with Gasteiger partial charge in [0.2, 0.25) is 0 Å². The molecule has 2 atom stereocenters. The second-order valence-electron chi connectivity index (χ2n) is 6.50. The van der Waals surface area contributed by atoms with Gasteiger partial charge in [0.05, 0.1) is 6.61 Å². The molecule has 0 aromatic heterocycles. The van der Waals surface area contributed by atoms with Crippen LogP contribution in [0.15, 0.2) is 0 Å². The third-order valence-corrected chi connectivity index (χ3v) is 6.81. The molecule has 0 aliphatic carbocycles. The summed E-state index contributed by atoms with van der Waals surface area (Å²) in [6.45, 7) is 6.34. The van der Waals surface area contributed by atoms with Crippen molar-refractivity contribution in [2.45, 2.75) is 32.6 Å². The summed E-state index contributed by atoms with van der Waals surface area (Å²) in [6, 6.07) is 0. The molecule has 6 heteroatoms. The molecule has 19 heavy (non-hydrogen) atoms. The Morgan fingerprint density at radius 1 is 1.21 bits per heavy atom. The molecule has 0 aromatic rings. The van der Waals surface area contributed by atoms with Gasteiger partial charge in [-0.15, -0.1) is 0 Å².